The lowest BCUT2D eigenvalue weighted by Crippen LogP contribution is -2.45. The van der Waals surface area contributed by atoms with Crippen molar-refractivity contribution in [1.82, 2.24) is 10.2 Å². The topological polar surface area (TPSA) is 41.6 Å². The molecule has 22 heavy (non-hydrogen) atoms. The van der Waals surface area contributed by atoms with Crippen molar-refractivity contribution in [3.8, 4) is 0 Å². The summed E-state index contributed by atoms with van der Waals surface area (Å²) in [4.78, 5) is 13.9. The number of piperidine rings is 1. The number of carbonyl (C=O) groups is 1. The van der Waals surface area contributed by atoms with Crippen LogP contribution in [0, 0.1) is 11.3 Å². The summed E-state index contributed by atoms with van der Waals surface area (Å²) in [6, 6.07) is 0.663. The van der Waals surface area contributed by atoms with E-state index in [4.69, 9.17) is 4.74 Å². The molecule has 0 spiro atoms. The predicted octanol–water partition coefficient (Wildman–Crippen LogP) is 3.80. The number of nitrogens with one attached hydrogen (secondary N) is 1. The summed E-state index contributed by atoms with van der Waals surface area (Å²) >= 11 is 0. The fraction of sp³-hybridized carbons (Fsp3) is 0.944. The third kappa shape index (κ3) is 4.87. The Morgan fingerprint density at radius 1 is 1.23 bits per heavy atom. The van der Waals surface area contributed by atoms with Crippen molar-refractivity contribution in [3.05, 3.63) is 0 Å². The number of nitrogens with zero attached hydrogens (tertiary/aromatic N) is 1. The van der Waals surface area contributed by atoms with Crippen LogP contribution in [0.2, 0.25) is 0 Å². The van der Waals surface area contributed by atoms with E-state index in [0.717, 1.165) is 32.5 Å². The van der Waals surface area contributed by atoms with Gasteiger partial charge in [0.25, 0.3) is 0 Å². The number of hydrogen-bond donors (Lipinski definition) is 1. The largest absolute Gasteiger partial charge is 0.444 e. The molecule has 2 fully saturated rings. The Balaban J connectivity index is 1.70. The summed E-state index contributed by atoms with van der Waals surface area (Å²) in [7, 11) is 0. The molecule has 1 saturated carbocycles. The molecular weight excluding hydrogens is 276 g/mol. The van der Waals surface area contributed by atoms with E-state index < -0.39 is 5.60 Å². The van der Waals surface area contributed by atoms with Gasteiger partial charge in [-0.2, -0.15) is 0 Å². The standard InChI is InChI=1S/C18H34N2O2/c1-17(2,3)22-16(21)20-11-8-14(9-12-20)13-19-15-7-6-10-18(15,4)5/h14-15,19H,6-13H2,1-5H3. The van der Waals surface area contributed by atoms with Crippen molar-refractivity contribution >= 4 is 6.09 Å². The molecule has 1 saturated heterocycles. The molecule has 0 aromatic rings. The van der Waals surface area contributed by atoms with Gasteiger partial charge in [-0.3, -0.25) is 0 Å². The lowest BCUT2D eigenvalue weighted by atomic mass is 9.86. The lowest BCUT2D eigenvalue weighted by molar-refractivity contribution is 0.0182. The molecule has 0 aromatic carbocycles. The molecule has 0 bridgehead atoms. The molecule has 1 heterocycles. The summed E-state index contributed by atoms with van der Waals surface area (Å²) < 4.78 is 5.45. The highest BCUT2D eigenvalue weighted by molar-refractivity contribution is 5.68. The normalized spacial score (nSPS) is 26.2. The van der Waals surface area contributed by atoms with Crippen LogP contribution in [-0.4, -0.2) is 42.3 Å². The Morgan fingerprint density at radius 3 is 2.36 bits per heavy atom. The molecule has 4 nitrogen and oxygen atoms in total. The first-order valence-corrected chi connectivity index (χ1v) is 8.89. The van der Waals surface area contributed by atoms with Crippen molar-refractivity contribution in [1.29, 1.82) is 0 Å². The second-order valence-corrected chi connectivity index (χ2v) is 8.75. The maximum Gasteiger partial charge on any atom is 0.410 e. The molecule has 2 rings (SSSR count). The van der Waals surface area contributed by atoms with Crippen LogP contribution >= 0.6 is 0 Å². The number of ether oxygens (including phenoxy) is 1. The highest BCUT2D eigenvalue weighted by Crippen LogP contribution is 2.37. The van der Waals surface area contributed by atoms with E-state index in [1.54, 1.807) is 0 Å². The first-order chi connectivity index (χ1) is 10.2. The van der Waals surface area contributed by atoms with Crippen LogP contribution in [0.4, 0.5) is 4.79 Å². The number of hydrogen-bond acceptors (Lipinski definition) is 3. The molecule has 2 aliphatic rings. The van der Waals surface area contributed by atoms with Gasteiger partial charge in [0.1, 0.15) is 5.60 Å². The molecule has 1 N–H and O–H groups in total. The van der Waals surface area contributed by atoms with E-state index in [-0.39, 0.29) is 6.09 Å². The lowest BCUT2D eigenvalue weighted by Gasteiger charge is -2.35. The van der Waals surface area contributed by atoms with Gasteiger partial charge in [-0.25, -0.2) is 4.79 Å². The highest BCUT2D eigenvalue weighted by atomic mass is 16.6. The molecule has 1 atom stereocenters. The third-order valence-corrected chi connectivity index (χ3v) is 5.18. The maximum atomic E-state index is 12.1. The zero-order valence-electron chi connectivity index (χ0n) is 15.1. The van der Waals surface area contributed by atoms with Crippen LogP contribution in [-0.2, 0) is 4.74 Å². The van der Waals surface area contributed by atoms with Crippen molar-refractivity contribution in [2.24, 2.45) is 11.3 Å². The fourth-order valence-electron chi connectivity index (χ4n) is 3.66. The zero-order valence-corrected chi connectivity index (χ0v) is 15.1. The second kappa shape index (κ2) is 6.77. The Hall–Kier alpha value is -0.770. The molecule has 1 amide bonds. The summed E-state index contributed by atoms with van der Waals surface area (Å²) in [5.41, 5.74) is 0.0424. The van der Waals surface area contributed by atoms with E-state index in [1.807, 2.05) is 25.7 Å². The van der Waals surface area contributed by atoms with Crippen LogP contribution in [0.25, 0.3) is 0 Å². The molecular formula is C18H34N2O2. The first kappa shape index (κ1) is 17.6. The van der Waals surface area contributed by atoms with Gasteiger partial charge < -0.3 is 15.0 Å². The van der Waals surface area contributed by atoms with Gasteiger partial charge in [0.2, 0.25) is 0 Å². The van der Waals surface area contributed by atoms with E-state index >= 15 is 0 Å². The molecule has 4 heteroatoms. The van der Waals surface area contributed by atoms with Crippen LogP contribution < -0.4 is 5.32 Å². The number of rotatable bonds is 3. The predicted molar refractivity (Wildman–Crippen MR) is 90.0 cm³/mol. The van der Waals surface area contributed by atoms with Gasteiger partial charge in [0.15, 0.2) is 0 Å². The van der Waals surface area contributed by atoms with Gasteiger partial charge in [0, 0.05) is 19.1 Å². The number of likely N-dealkylation sites (tertiary alicyclic amines) is 1. The zero-order chi connectivity index (χ0) is 16.4. The van der Waals surface area contributed by atoms with Gasteiger partial charge >= 0.3 is 6.09 Å². The van der Waals surface area contributed by atoms with E-state index in [9.17, 15) is 4.79 Å². The van der Waals surface area contributed by atoms with Gasteiger partial charge in [-0.05, 0) is 64.3 Å². The Bertz CT molecular complexity index is 379. The molecule has 1 aliphatic carbocycles. The summed E-state index contributed by atoms with van der Waals surface area (Å²) in [6.45, 7) is 13.3. The molecule has 128 valence electrons. The Morgan fingerprint density at radius 2 is 1.86 bits per heavy atom. The van der Waals surface area contributed by atoms with Crippen LogP contribution in [0.3, 0.4) is 0 Å². The van der Waals surface area contributed by atoms with Gasteiger partial charge in [-0.1, -0.05) is 20.3 Å². The van der Waals surface area contributed by atoms with Crippen LogP contribution in [0.1, 0.15) is 66.7 Å². The van der Waals surface area contributed by atoms with Gasteiger partial charge in [-0.15, -0.1) is 0 Å². The average molecular weight is 310 g/mol. The maximum absolute atomic E-state index is 12.1. The number of carbonyl (C=O) groups excluding carboxylic acids is 1. The second-order valence-electron chi connectivity index (χ2n) is 8.75. The van der Waals surface area contributed by atoms with E-state index in [2.05, 4.69) is 19.2 Å². The highest BCUT2D eigenvalue weighted by Gasteiger charge is 2.34. The van der Waals surface area contributed by atoms with E-state index in [1.165, 1.54) is 19.3 Å². The van der Waals surface area contributed by atoms with Crippen LogP contribution in [0.5, 0.6) is 0 Å². The summed E-state index contributed by atoms with van der Waals surface area (Å²) in [5, 5.41) is 3.79. The molecule has 0 radical (unpaired) electrons. The van der Waals surface area contributed by atoms with Crippen molar-refractivity contribution in [3.63, 3.8) is 0 Å². The minimum absolute atomic E-state index is 0.157. The van der Waals surface area contributed by atoms with E-state index in [0.29, 0.717) is 17.4 Å². The van der Waals surface area contributed by atoms with Crippen molar-refractivity contribution in [2.45, 2.75) is 78.4 Å². The minimum Gasteiger partial charge on any atom is -0.444 e. The quantitative estimate of drug-likeness (QED) is 0.862. The molecule has 1 aliphatic heterocycles. The summed E-state index contributed by atoms with van der Waals surface area (Å²) in [6.07, 6.45) is 6.00. The van der Waals surface area contributed by atoms with Gasteiger partial charge in [0.05, 0.1) is 0 Å². The SMILES string of the molecule is CC(C)(C)OC(=O)N1CCC(CNC2CCCC2(C)C)CC1. The molecule has 0 aromatic heterocycles. The van der Waals surface area contributed by atoms with Crippen molar-refractivity contribution < 1.29 is 9.53 Å². The van der Waals surface area contributed by atoms with Crippen LogP contribution in [0.15, 0.2) is 0 Å². The van der Waals surface area contributed by atoms with Crippen molar-refractivity contribution in [2.75, 3.05) is 19.6 Å². The third-order valence-electron chi connectivity index (χ3n) is 5.18. The average Bonchev–Trinajstić information content (AvgIpc) is 2.74. The number of amides is 1. The smallest absolute Gasteiger partial charge is 0.410 e. The Labute approximate surface area is 136 Å². The minimum atomic E-state index is -0.399. The Kier molecular flexibility index (Phi) is 5.41. The molecule has 1 unspecified atom stereocenters. The monoisotopic (exact) mass is 310 g/mol. The first-order valence-electron chi connectivity index (χ1n) is 8.89. The summed E-state index contributed by atoms with van der Waals surface area (Å²) in [5.74, 6) is 0.690. The fourth-order valence-corrected chi connectivity index (χ4v) is 3.66.